The van der Waals surface area contributed by atoms with Crippen molar-refractivity contribution in [1.82, 2.24) is 4.90 Å². The summed E-state index contributed by atoms with van der Waals surface area (Å²) in [7, 11) is 1.73. The first-order valence-electron chi connectivity index (χ1n) is 16.9. The summed E-state index contributed by atoms with van der Waals surface area (Å²) < 4.78 is 161. The second-order valence-electron chi connectivity index (χ2n) is 14.8. The quantitative estimate of drug-likeness (QED) is 0.140. The predicted octanol–water partition coefficient (Wildman–Crippen LogP) is 9.94. The van der Waals surface area contributed by atoms with Crippen molar-refractivity contribution in [3.8, 4) is 5.75 Å². The van der Waals surface area contributed by atoms with Crippen LogP contribution in [0.5, 0.6) is 5.75 Å². The van der Waals surface area contributed by atoms with Crippen LogP contribution < -0.4 is 0 Å². The highest BCUT2D eigenvalue weighted by Gasteiger charge is 2.86. The molecule has 0 radical (unpaired) electrons. The molecule has 0 unspecified atom stereocenters. The van der Waals surface area contributed by atoms with E-state index in [4.69, 9.17) is 0 Å². The zero-order valence-corrected chi connectivity index (χ0v) is 27.5. The van der Waals surface area contributed by atoms with Crippen LogP contribution in [0.2, 0.25) is 0 Å². The summed E-state index contributed by atoms with van der Waals surface area (Å²) in [4.78, 5) is 1.85. The number of aliphatic hydroxyl groups is 1. The highest BCUT2D eigenvalue weighted by atomic mass is 19.4. The van der Waals surface area contributed by atoms with Gasteiger partial charge in [-0.25, -0.2) is 4.39 Å². The average molecular weight is 728 g/mol. The zero-order chi connectivity index (χ0) is 36.8. The summed E-state index contributed by atoms with van der Waals surface area (Å²) in [6, 6.07) is 5.14. The Morgan fingerprint density at radius 2 is 1.43 bits per heavy atom. The van der Waals surface area contributed by atoms with Gasteiger partial charge in [0.15, 0.2) is 0 Å². The van der Waals surface area contributed by atoms with Gasteiger partial charge >= 0.3 is 29.9 Å². The summed E-state index contributed by atoms with van der Waals surface area (Å²) in [5, 5.41) is 20.9. The van der Waals surface area contributed by atoms with Crippen molar-refractivity contribution in [1.29, 1.82) is 0 Å². The molecule has 3 nitrogen and oxygen atoms in total. The molecule has 1 aromatic rings. The normalized spacial score (nSPS) is 29.6. The van der Waals surface area contributed by atoms with E-state index in [0.29, 0.717) is 32.4 Å². The molecule has 15 heteroatoms. The zero-order valence-electron chi connectivity index (χ0n) is 27.5. The summed E-state index contributed by atoms with van der Waals surface area (Å²) in [6.45, 7) is 2.90. The fourth-order valence-electron chi connectivity index (χ4n) is 8.78. The summed E-state index contributed by atoms with van der Waals surface area (Å²) in [5.41, 5.74) is 1.40. The smallest absolute Gasteiger partial charge is 0.460 e. The van der Waals surface area contributed by atoms with Crippen LogP contribution in [-0.4, -0.2) is 77.4 Å². The van der Waals surface area contributed by atoms with Crippen LogP contribution in [0.25, 0.3) is 0 Å². The third-order valence-electron chi connectivity index (χ3n) is 11.5. The maximum absolute atomic E-state index is 15.9. The van der Waals surface area contributed by atoms with E-state index in [1.54, 1.807) is 19.2 Å². The Balaban J connectivity index is 1.22. The summed E-state index contributed by atoms with van der Waals surface area (Å²) in [6.07, 6.45) is -5.94. The second kappa shape index (κ2) is 14.3. The molecule has 2 saturated carbocycles. The van der Waals surface area contributed by atoms with Crippen LogP contribution in [0, 0.1) is 23.2 Å². The molecule has 0 bridgehead atoms. The van der Waals surface area contributed by atoms with Gasteiger partial charge in [-0.1, -0.05) is 32.3 Å². The number of rotatable bonds is 15. The second-order valence-corrected chi connectivity index (χ2v) is 14.8. The Kier molecular flexibility index (Phi) is 11.6. The lowest BCUT2D eigenvalue weighted by Gasteiger charge is -2.54. The van der Waals surface area contributed by atoms with Gasteiger partial charge in [0.05, 0.1) is 6.10 Å². The van der Waals surface area contributed by atoms with E-state index in [0.717, 1.165) is 43.2 Å². The Morgan fingerprint density at radius 3 is 2.04 bits per heavy atom. The lowest BCUT2D eigenvalue weighted by Crippen LogP contribution is -2.66. The Hall–Kier alpha value is -1.90. The molecule has 282 valence electrons. The molecule has 3 aliphatic carbocycles. The van der Waals surface area contributed by atoms with Crippen LogP contribution in [0.3, 0.4) is 0 Å². The van der Waals surface area contributed by atoms with Gasteiger partial charge in [0.25, 0.3) is 0 Å². The van der Waals surface area contributed by atoms with Crippen molar-refractivity contribution in [2.75, 3.05) is 20.1 Å². The van der Waals surface area contributed by atoms with E-state index in [1.165, 1.54) is 0 Å². The van der Waals surface area contributed by atoms with E-state index in [2.05, 4.69) is 0 Å². The molecule has 0 aliphatic heterocycles. The molecule has 0 saturated heterocycles. The van der Waals surface area contributed by atoms with Crippen LogP contribution in [0.4, 0.5) is 52.7 Å². The molecule has 2 fully saturated rings. The molecule has 4 rings (SSSR count). The first-order valence-corrected chi connectivity index (χ1v) is 16.9. The van der Waals surface area contributed by atoms with Gasteiger partial charge in [0, 0.05) is 12.3 Å². The largest absolute Gasteiger partial charge is 0.508 e. The molecular weight excluding hydrogens is 682 g/mol. The molecule has 0 amide bonds. The molecule has 0 heterocycles. The molecular formula is C34H45F12NO2. The predicted molar refractivity (Wildman–Crippen MR) is 158 cm³/mol. The number of halogens is 12. The highest BCUT2D eigenvalue weighted by Crippen LogP contribution is 2.63. The van der Waals surface area contributed by atoms with Gasteiger partial charge in [-0.3, -0.25) is 0 Å². The van der Waals surface area contributed by atoms with E-state index in [1.807, 2.05) is 17.9 Å². The van der Waals surface area contributed by atoms with Crippen molar-refractivity contribution in [3.05, 3.63) is 29.3 Å². The van der Waals surface area contributed by atoms with Gasteiger partial charge in [0.1, 0.15) is 11.9 Å². The number of hydrogen-bond acceptors (Lipinski definition) is 3. The minimum Gasteiger partial charge on any atom is -0.508 e. The lowest BCUT2D eigenvalue weighted by atomic mass is 9.51. The maximum Gasteiger partial charge on any atom is 0.460 e. The number of unbranched alkanes of at least 4 members (excludes halogenated alkanes) is 4. The monoisotopic (exact) mass is 727 g/mol. The van der Waals surface area contributed by atoms with Crippen molar-refractivity contribution in [3.63, 3.8) is 0 Å². The first-order chi connectivity index (χ1) is 22.5. The molecule has 0 spiro atoms. The van der Waals surface area contributed by atoms with Gasteiger partial charge in [-0.05, 0) is 118 Å². The van der Waals surface area contributed by atoms with E-state index < -0.39 is 60.4 Å². The number of benzene rings is 1. The standard InChI is InChI=1S/C34H45F12NO2/c1-29-19-25(35)28-23-11-10-22(48)18-21(23)17-20(27(28)24(29)12-13-26(29)49)9-5-3-7-15-47(2)16-8-4-6-14-30(36,37)31(38,39)32(40,41)33(42,43)34(44,45)46/h10-11,18,20,24-28,48-49H,3-9,12-17,19H2,1-2H3/t20-,24+,25+,26+,27+,28+,29+/m1/s1. The number of hydrogen-bond donors (Lipinski definition) is 2. The number of aliphatic hydroxyl groups excluding tert-OH is 1. The number of aromatic hydroxyl groups is 1. The number of nitrogens with zero attached hydrogens (tertiary/aromatic N) is 1. The molecule has 7 atom stereocenters. The van der Waals surface area contributed by atoms with Crippen LogP contribution >= 0.6 is 0 Å². The topological polar surface area (TPSA) is 43.7 Å². The van der Waals surface area contributed by atoms with Crippen LogP contribution in [-0.2, 0) is 6.42 Å². The molecule has 3 aliphatic rings. The molecule has 1 aromatic carbocycles. The minimum atomic E-state index is -7.36. The number of alkyl halides is 12. The SMILES string of the molecule is CN(CCCCC[C@@H]1Cc2cc(O)ccc2[C@@H]2[C@@H]1[C@@H]1CC[C@H](O)[C@@]1(C)C[C@@H]2F)CCCCCC(F)(F)C(F)(F)C(F)(F)C(F)(F)C(F)(F)F. The van der Waals surface area contributed by atoms with Gasteiger partial charge < -0.3 is 15.1 Å². The molecule has 0 aromatic heterocycles. The van der Waals surface area contributed by atoms with E-state index in [-0.39, 0.29) is 42.3 Å². The van der Waals surface area contributed by atoms with Crippen molar-refractivity contribution < 1.29 is 62.9 Å². The lowest BCUT2D eigenvalue weighted by molar-refractivity contribution is -0.422. The molecule has 49 heavy (non-hydrogen) atoms. The third kappa shape index (κ3) is 7.40. The first kappa shape index (κ1) is 39.9. The Morgan fingerprint density at radius 1 is 0.816 bits per heavy atom. The molecule has 2 N–H and O–H groups in total. The van der Waals surface area contributed by atoms with E-state index in [9.17, 15) is 58.5 Å². The van der Waals surface area contributed by atoms with Gasteiger partial charge in [-0.2, -0.15) is 48.3 Å². The van der Waals surface area contributed by atoms with E-state index >= 15 is 4.39 Å². The summed E-state index contributed by atoms with van der Waals surface area (Å²) >= 11 is 0. The Bertz CT molecular complexity index is 1270. The van der Waals surface area contributed by atoms with Gasteiger partial charge in [-0.15, -0.1) is 0 Å². The van der Waals surface area contributed by atoms with Gasteiger partial charge in [0.2, 0.25) is 0 Å². The number of phenolic OH excluding ortho intramolecular Hbond substituents is 1. The highest BCUT2D eigenvalue weighted by molar-refractivity contribution is 5.41. The third-order valence-corrected chi connectivity index (χ3v) is 11.5. The van der Waals surface area contributed by atoms with Crippen molar-refractivity contribution in [2.45, 2.75) is 132 Å². The fraction of sp³-hybridized carbons (Fsp3) is 0.824. The minimum absolute atomic E-state index is 0.0605. The number of phenols is 1. The van der Waals surface area contributed by atoms with Crippen molar-refractivity contribution in [2.24, 2.45) is 23.2 Å². The summed E-state index contributed by atoms with van der Waals surface area (Å²) in [5.74, 6) is -27.2. The maximum atomic E-state index is 15.9. The number of fused-ring (bicyclic) bond motifs is 5. The average Bonchev–Trinajstić information content (AvgIpc) is 3.28. The fourth-order valence-corrected chi connectivity index (χ4v) is 8.78. The van der Waals surface area contributed by atoms with Crippen LogP contribution in [0.15, 0.2) is 18.2 Å². The Labute approximate surface area is 278 Å². The van der Waals surface area contributed by atoms with Crippen LogP contribution in [0.1, 0.15) is 94.6 Å². The van der Waals surface area contributed by atoms with Crippen molar-refractivity contribution >= 4 is 0 Å².